The molecule has 0 atom stereocenters. The first-order chi connectivity index (χ1) is 10.3. The summed E-state index contributed by atoms with van der Waals surface area (Å²) in [6.45, 7) is 7.29. The molecule has 0 amide bonds. The summed E-state index contributed by atoms with van der Waals surface area (Å²) in [6, 6.07) is 8.74. The number of carbonyl (C=O) groups excluding carboxylic acids is 2. The van der Waals surface area contributed by atoms with E-state index in [9.17, 15) is 9.59 Å². The van der Waals surface area contributed by atoms with Gasteiger partial charge >= 0.3 is 6.16 Å². The molecule has 120 valence electrons. The lowest BCUT2D eigenvalue weighted by Gasteiger charge is -2.19. The Hall–Kier alpha value is -2.10. The third-order valence-electron chi connectivity index (χ3n) is 2.73. The van der Waals surface area contributed by atoms with Gasteiger partial charge in [0.05, 0.1) is 0 Å². The van der Waals surface area contributed by atoms with Crippen molar-refractivity contribution in [1.29, 1.82) is 0 Å². The van der Waals surface area contributed by atoms with Gasteiger partial charge in [0.25, 0.3) is 0 Å². The monoisotopic (exact) mass is 304 g/mol. The van der Waals surface area contributed by atoms with Crippen LogP contribution in [0.3, 0.4) is 0 Å². The van der Waals surface area contributed by atoms with Gasteiger partial charge in [0.2, 0.25) is 5.78 Å². The molecule has 0 heterocycles. The number of allylic oxidation sites excluding steroid dienone is 2. The van der Waals surface area contributed by atoms with Crippen molar-refractivity contribution in [2.75, 3.05) is 0 Å². The van der Waals surface area contributed by atoms with Crippen LogP contribution in [0.2, 0.25) is 0 Å². The topological polar surface area (TPSA) is 52.6 Å². The van der Waals surface area contributed by atoms with Crippen molar-refractivity contribution in [3.63, 3.8) is 0 Å². The van der Waals surface area contributed by atoms with Gasteiger partial charge in [-0.1, -0.05) is 43.7 Å². The molecule has 1 aromatic rings. The first-order valence-corrected chi connectivity index (χ1v) is 7.54. The Morgan fingerprint density at radius 3 is 2.32 bits per heavy atom. The lowest BCUT2D eigenvalue weighted by molar-refractivity contribution is 0.00579. The second-order valence-electron chi connectivity index (χ2n) is 5.97. The zero-order chi connectivity index (χ0) is 16.6. The highest BCUT2D eigenvalue weighted by atomic mass is 16.7. The molecule has 4 heteroatoms. The average molecular weight is 304 g/mol. The summed E-state index contributed by atoms with van der Waals surface area (Å²) in [5.74, 6) is -0.295. The minimum atomic E-state index is -0.862. The van der Waals surface area contributed by atoms with Gasteiger partial charge in [0.1, 0.15) is 5.60 Å². The van der Waals surface area contributed by atoms with Crippen molar-refractivity contribution < 1.29 is 19.1 Å². The van der Waals surface area contributed by atoms with E-state index >= 15 is 0 Å². The second-order valence-corrected chi connectivity index (χ2v) is 5.97. The van der Waals surface area contributed by atoms with E-state index in [-0.39, 0.29) is 11.5 Å². The Morgan fingerprint density at radius 1 is 1.14 bits per heavy atom. The van der Waals surface area contributed by atoms with E-state index in [0.29, 0.717) is 12.0 Å². The standard InChI is InChI=1S/C18H24O4/c1-5-6-8-13-15(21-17(20)22-18(2,3)4)16(19)14-11-9-7-10-12-14/h7,9-13H,5-6,8H2,1-4H3/b15-13+. The molecule has 22 heavy (non-hydrogen) atoms. The molecule has 0 radical (unpaired) electrons. The molecule has 0 spiro atoms. The molecule has 0 saturated carbocycles. The fourth-order valence-electron chi connectivity index (χ4n) is 1.71. The third-order valence-corrected chi connectivity index (χ3v) is 2.73. The molecule has 0 saturated heterocycles. The number of Topliss-reactive ketones (excluding diaryl/α,β-unsaturated/α-hetero) is 1. The van der Waals surface area contributed by atoms with E-state index in [0.717, 1.165) is 12.8 Å². The molecular weight excluding hydrogens is 280 g/mol. The summed E-state index contributed by atoms with van der Waals surface area (Å²) < 4.78 is 10.2. The fraction of sp³-hybridized carbons (Fsp3) is 0.444. The van der Waals surface area contributed by atoms with Crippen LogP contribution in [0.5, 0.6) is 0 Å². The number of hydrogen-bond donors (Lipinski definition) is 0. The Morgan fingerprint density at radius 2 is 1.77 bits per heavy atom. The minimum absolute atomic E-state index is 0.0221. The summed E-state index contributed by atoms with van der Waals surface area (Å²) >= 11 is 0. The summed E-state index contributed by atoms with van der Waals surface area (Å²) in [6.07, 6.45) is 3.38. The molecule has 0 aliphatic rings. The van der Waals surface area contributed by atoms with Crippen molar-refractivity contribution in [1.82, 2.24) is 0 Å². The van der Waals surface area contributed by atoms with Gasteiger partial charge in [-0.05, 0) is 39.7 Å². The van der Waals surface area contributed by atoms with E-state index in [1.165, 1.54) is 0 Å². The first-order valence-electron chi connectivity index (χ1n) is 7.54. The smallest absolute Gasteiger partial charge is 0.428 e. The Kier molecular flexibility index (Phi) is 6.83. The summed E-state index contributed by atoms with van der Waals surface area (Å²) in [5.41, 5.74) is -0.185. The van der Waals surface area contributed by atoms with E-state index in [1.807, 2.05) is 6.07 Å². The molecule has 0 fully saturated rings. The molecule has 0 aromatic heterocycles. The van der Waals surface area contributed by atoms with Crippen LogP contribution in [0, 0.1) is 0 Å². The number of carbonyl (C=O) groups is 2. The molecule has 1 rings (SSSR count). The molecular formula is C18H24O4. The predicted octanol–water partition coefficient (Wildman–Crippen LogP) is 4.90. The summed E-state index contributed by atoms with van der Waals surface area (Å²) in [7, 11) is 0. The zero-order valence-corrected chi connectivity index (χ0v) is 13.7. The molecule has 0 N–H and O–H groups in total. The van der Waals surface area contributed by atoms with Crippen molar-refractivity contribution in [3.8, 4) is 0 Å². The quantitative estimate of drug-likeness (QED) is 0.247. The van der Waals surface area contributed by atoms with Crippen LogP contribution >= 0.6 is 0 Å². The summed E-state index contributed by atoms with van der Waals surface area (Å²) in [5, 5.41) is 0. The second kappa shape index (κ2) is 8.37. The van der Waals surface area contributed by atoms with Crippen LogP contribution in [-0.4, -0.2) is 17.5 Å². The van der Waals surface area contributed by atoms with Gasteiger partial charge in [-0.25, -0.2) is 4.79 Å². The first kappa shape index (κ1) is 18.0. The van der Waals surface area contributed by atoms with Crippen LogP contribution in [0.25, 0.3) is 0 Å². The Labute approximate surface area is 132 Å². The Balaban J connectivity index is 2.87. The van der Waals surface area contributed by atoms with Gasteiger partial charge in [-0.15, -0.1) is 0 Å². The van der Waals surface area contributed by atoms with Gasteiger partial charge in [-0.2, -0.15) is 0 Å². The number of ketones is 1. The van der Waals surface area contributed by atoms with Crippen molar-refractivity contribution in [3.05, 3.63) is 47.7 Å². The largest absolute Gasteiger partial charge is 0.514 e. The molecule has 0 unspecified atom stereocenters. The molecule has 0 aliphatic carbocycles. The van der Waals surface area contributed by atoms with Crippen molar-refractivity contribution >= 4 is 11.9 Å². The van der Waals surface area contributed by atoms with Gasteiger partial charge in [0.15, 0.2) is 5.76 Å². The van der Waals surface area contributed by atoms with Crippen LogP contribution in [0.1, 0.15) is 57.3 Å². The highest BCUT2D eigenvalue weighted by molar-refractivity contribution is 6.08. The van der Waals surface area contributed by atoms with Crippen LogP contribution in [0.15, 0.2) is 42.2 Å². The average Bonchev–Trinajstić information content (AvgIpc) is 2.44. The maximum Gasteiger partial charge on any atom is 0.514 e. The molecule has 0 bridgehead atoms. The molecule has 1 aromatic carbocycles. The predicted molar refractivity (Wildman–Crippen MR) is 85.7 cm³/mol. The maximum absolute atomic E-state index is 12.4. The lowest BCUT2D eigenvalue weighted by Crippen LogP contribution is -2.25. The lowest BCUT2D eigenvalue weighted by atomic mass is 10.1. The van der Waals surface area contributed by atoms with Gasteiger partial charge in [-0.3, -0.25) is 4.79 Å². The minimum Gasteiger partial charge on any atom is -0.428 e. The van der Waals surface area contributed by atoms with Crippen LogP contribution < -0.4 is 0 Å². The maximum atomic E-state index is 12.4. The third kappa shape index (κ3) is 6.57. The highest BCUT2D eigenvalue weighted by Gasteiger charge is 2.22. The van der Waals surface area contributed by atoms with Crippen LogP contribution in [-0.2, 0) is 9.47 Å². The summed E-state index contributed by atoms with van der Waals surface area (Å²) in [4.78, 5) is 24.2. The van der Waals surface area contributed by atoms with E-state index < -0.39 is 11.8 Å². The molecule has 0 aliphatic heterocycles. The van der Waals surface area contributed by atoms with Gasteiger partial charge < -0.3 is 9.47 Å². The number of benzene rings is 1. The number of rotatable bonds is 6. The SMILES string of the molecule is CCCC/C=C(/OC(=O)OC(C)(C)C)C(=O)c1ccccc1. The van der Waals surface area contributed by atoms with Gasteiger partial charge in [0, 0.05) is 5.56 Å². The van der Waals surface area contributed by atoms with Crippen molar-refractivity contribution in [2.45, 2.75) is 52.6 Å². The highest BCUT2D eigenvalue weighted by Crippen LogP contribution is 2.15. The Bertz CT molecular complexity index is 524. The van der Waals surface area contributed by atoms with E-state index in [2.05, 4.69) is 6.92 Å². The fourth-order valence-corrected chi connectivity index (χ4v) is 1.71. The number of unbranched alkanes of at least 4 members (excludes halogenated alkanes) is 2. The zero-order valence-electron chi connectivity index (χ0n) is 13.7. The van der Waals surface area contributed by atoms with E-state index in [4.69, 9.17) is 9.47 Å². The normalized spacial score (nSPS) is 11.9. The number of ether oxygens (including phenoxy) is 2. The molecule has 4 nitrogen and oxygen atoms in total. The van der Waals surface area contributed by atoms with E-state index in [1.54, 1.807) is 51.1 Å². The number of hydrogen-bond acceptors (Lipinski definition) is 4. The van der Waals surface area contributed by atoms with Crippen LogP contribution in [0.4, 0.5) is 4.79 Å². The van der Waals surface area contributed by atoms with Crippen molar-refractivity contribution in [2.24, 2.45) is 0 Å².